The zero-order valence-corrected chi connectivity index (χ0v) is 5.02. The molecule has 0 unspecified atom stereocenters. The number of hydrogen-bond acceptors (Lipinski definition) is 1. The van der Waals surface area contributed by atoms with Gasteiger partial charge in [0, 0.05) is 18.2 Å². The van der Waals surface area contributed by atoms with E-state index >= 15 is 0 Å². The monoisotopic (exact) mass is 117 g/mol. The number of nitrogens with one attached hydrogen (secondary N) is 1. The largest absolute Gasteiger partial charge is 0.308 e. The number of allylic oxidation sites excluding steroid dienone is 4. The second kappa shape index (κ2) is 2.88. The average molecular weight is 117 g/mol. The van der Waals surface area contributed by atoms with E-state index in [0.29, 0.717) is 0 Å². The Morgan fingerprint density at radius 3 is 3.33 bits per heavy atom. The Balaban J connectivity index is 2.84. The zero-order valence-electron chi connectivity index (χ0n) is 5.02. The molecule has 1 rings (SSSR count). The molecule has 1 aliphatic carbocycles. The van der Waals surface area contributed by atoms with Crippen molar-refractivity contribution in [2.24, 2.45) is 0 Å². The van der Waals surface area contributed by atoms with Gasteiger partial charge >= 0.3 is 0 Å². The first-order valence-electron chi connectivity index (χ1n) is 2.79. The van der Waals surface area contributed by atoms with Crippen molar-refractivity contribution in [2.45, 2.75) is 6.42 Å². The van der Waals surface area contributed by atoms with Gasteiger partial charge in [-0.15, -0.1) is 0 Å². The lowest BCUT2D eigenvalue weighted by atomic mass is 10.2. The molecule has 0 fully saturated rings. The van der Waals surface area contributed by atoms with Gasteiger partial charge in [-0.1, -0.05) is 24.0 Å². The van der Waals surface area contributed by atoms with Crippen LogP contribution < -0.4 is 0 Å². The Morgan fingerprint density at radius 2 is 2.56 bits per heavy atom. The highest BCUT2D eigenvalue weighted by molar-refractivity contribution is 5.80. The molecule has 44 valence electrons. The molecule has 0 aromatic heterocycles. The van der Waals surface area contributed by atoms with Crippen LogP contribution in [0.2, 0.25) is 0 Å². The van der Waals surface area contributed by atoms with Crippen molar-refractivity contribution in [3.63, 3.8) is 0 Å². The molecule has 9 heavy (non-hydrogen) atoms. The molecule has 0 radical (unpaired) electrons. The molecular weight excluding hydrogens is 110 g/mol. The van der Waals surface area contributed by atoms with Crippen molar-refractivity contribution >= 4 is 6.21 Å². The van der Waals surface area contributed by atoms with E-state index in [9.17, 15) is 0 Å². The Morgan fingerprint density at radius 1 is 1.67 bits per heavy atom. The van der Waals surface area contributed by atoms with Gasteiger partial charge in [0.15, 0.2) is 0 Å². The third-order valence-corrected chi connectivity index (χ3v) is 1.04. The standard InChI is InChI=1S/C8H7N/c9-7-8-5-3-1-2-4-6-8/h3,5-7,9H,1H2. The molecule has 1 aliphatic rings. The van der Waals surface area contributed by atoms with Crippen LogP contribution in [0.25, 0.3) is 0 Å². The third-order valence-electron chi connectivity index (χ3n) is 1.04. The molecule has 0 atom stereocenters. The summed E-state index contributed by atoms with van der Waals surface area (Å²) in [5, 5.41) is 6.88. The highest BCUT2D eigenvalue weighted by atomic mass is 14.3. The van der Waals surface area contributed by atoms with E-state index in [1.54, 1.807) is 6.08 Å². The molecule has 1 heteroatoms. The van der Waals surface area contributed by atoms with Gasteiger partial charge in [-0.3, -0.25) is 0 Å². The highest BCUT2D eigenvalue weighted by Crippen LogP contribution is 1.96. The van der Waals surface area contributed by atoms with Crippen molar-refractivity contribution in [1.29, 1.82) is 5.41 Å². The van der Waals surface area contributed by atoms with Crippen LogP contribution in [-0.4, -0.2) is 6.21 Å². The Bertz CT molecular complexity index is 223. The summed E-state index contributed by atoms with van der Waals surface area (Å²) < 4.78 is 0. The van der Waals surface area contributed by atoms with E-state index in [1.807, 2.05) is 12.2 Å². The van der Waals surface area contributed by atoms with Crippen LogP contribution >= 0.6 is 0 Å². The van der Waals surface area contributed by atoms with Gasteiger partial charge in [-0.2, -0.15) is 0 Å². The molecule has 1 nitrogen and oxygen atoms in total. The molecule has 0 heterocycles. The fourth-order valence-electron chi connectivity index (χ4n) is 0.585. The van der Waals surface area contributed by atoms with E-state index in [-0.39, 0.29) is 0 Å². The van der Waals surface area contributed by atoms with E-state index in [4.69, 9.17) is 5.41 Å². The van der Waals surface area contributed by atoms with Crippen LogP contribution in [0.15, 0.2) is 23.8 Å². The first-order valence-corrected chi connectivity index (χ1v) is 2.79. The van der Waals surface area contributed by atoms with Crippen molar-refractivity contribution in [1.82, 2.24) is 0 Å². The molecule has 0 amide bonds. The SMILES string of the molecule is N=CC1=CC#CCC=C1. The fourth-order valence-corrected chi connectivity index (χ4v) is 0.585. The van der Waals surface area contributed by atoms with Crippen LogP contribution in [0.5, 0.6) is 0 Å². The van der Waals surface area contributed by atoms with E-state index in [0.717, 1.165) is 12.0 Å². The van der Waals surface area contributed by atoms with Crippen molar-refractivity contribution in [3.05, 3.63) is 23.8 Å². The van der Waals surface area contributed by atoms with E-state index < -0.39 is 0 Å². The van der Waals surface area contributed by atoms with E-state index in [1.165, 1.54) is 6.21 Å². The fraction of sp³-hybridized carbons (Fsp3) is 0.125. The Labute approximate surface area is 54.6 Å². The van der Waals surface area contributed by atoms with Gasteiger partial charge in [-0.05, 0) is 6.08 Å². The minimum Gasteiger partial charge on any atom is -0.308 e. The summed E-state index contributed by atoms with van der Waals surface area (Å²) in [6, 6.07) is 0. The van der Waals surface area contributed by atoms with Gasteiger partial charge in [0.2, 0.25) is 0 Å². The maximum absolute atomic E-state index is 6.88. The summed E-state index contributed by atoms with van der Waals surface area (Å²) in [5.74, 6) is 5.72. The maximum Gasteiger partial charge on any atom is 0.0276 e. The van der Waals surface area contributed by atoms with Gasteiger partial charge in [0.1, 0.15) is 0 Å². The first-order chi connectivity index (χ1) is 4.43. The van der Waals surface area contributed by atoms with Crippen molar-refractivity contribution in [2.75, 3.05) is 0 Å². The topological polar surface area (TPSA) is 23.9 Å². The molecule has 0 bridgehead atoms. The molecule has 0 saturated carbocycles. The maximum atomic E-state index is 6.88. The summed E-state index contributed by atoms with van der Waals surface area (Å²) in [7, 11) is 0. The average Bonchev–Trinajstić information content (AvgIpc) is 2.13. The van der Waals surface area contributed by atoms with Gasteiger partial charge in [0.25, 0.3) is 0 Å². The summed E-state index contributed by atoms with van der Waals surface area (Å²) in [6.45, 7) is 0. The quantitative estimate of drug-likeness (QED) is 0.398. The molecule has 0 aromatic rings. The van der Waals surface area contributed by atoms with Gasteiger partial charge in [0.05, 0.1) is 0 Å². The lowest BCUT2D eigenvalue weighted by Gasteiger charge is -1.81. The van der Waals surface area contributed by atoms with Gasteiger partial charge < -0.3 is 5.41 Å². The predicted octanol–water partition coefficient (Wildman–Crippen LogP) is 1.53. The van der Waals surface area contributed by atoms with Crippen LogP contribution in [0, 0.1) is 17.3 Å². The summed E-state index contributed by atoms with van der Waals surface area (Å²) in [6.07, 6.45) is 7.69. The molecule has 0 aromatic carbocycles. The highest BCUT2D eigenvalue weighted by Gasteiger charge is 1.83. The normalized spacial score (nSPS) is 14.9. The minimum atomic E-state index is 0.799. The molecule has 0 spiro atoms. The second-order valence-corrected chi connectivity index (χ2v) is 1.72. The van der Waals surface area contributed by atoms with Crippen LogP contribution in [0.4, 0.5) is 0 Å². The van der Waals surface area contributed by atoms with Crippen LogP contribution in [0.1, 0.15) is 6.42 Å². The lowest BCUT2D eigenvalue weighted by molar-refractivity contribution is 1.47. The minimum absolute atomic E-state index is 0.799. The van der Waals surface area contributed by atoms with E-state index in [2.05, 4.69) is 11.8 Å². The van der Waals surface area contributed by atoms with Crippen molar-refractivity contribution < 1.29 is 0 Å². The third kappa shape index (κ3) is 1.58. The zero-order chi connectivity index (χ0) is 6.53. The van der Waals surface area contributed by atoms with Gasteiger partial charge in [-0.25, -0.2) is 0 Å². The smallest absolute Gasteiger partial charge is 0.0276 e. The second-order valence-electron chi connectivity index (χ2n) is 1.72. The number of hydrogen-bond donors (Lipinski definition) is 1. The first kappa shape index (κ1) is 5.84. The molecule has 0 aliphatic heterocycles. The predicted molar refractivity (Wildman–Crippen MR) is 38.4 cm³/mol. The summed E-state index contributed by atoms with van der Waals surface area (Å²) in [4.78, 5) is 0. The molecular formula is C8H7N. The van der Waals surface area contributed by atoms with Crippen molar-refractivity contribution in [3.8, 4) is 11.8 Å². The number of rotatable bonds is 1. The summed E-state index contributed by atoms with van der Waals surface area (Å²) in [5.41, 5.74) is 0.875. The van der Waals surface area contributed by atoms with Crippen LogP contribution in [-0.2, 0) is 0 Å². The van der Waals surface area contributed by atoms with Crippen LogP contribution in [0.3, 0.4) is 0 Å². The molecule has 0 saturated heterocycles. The Kier molecular flexibility index (Phi) is 1.87. The molecule has 1 N–H and O–H groups in total. The summed E-state index contributed by atoms with van der Waals surface area (Å²) >= 11 is 0. The lowest BCUT2D eigenvalue weighted by Crippen LogP contribution is -1.73. The Hall–Kier alpha value is -1.29.